The summed E-state index contributed by atoms with van der Waals surface area (Å²) in [6.07, 6.45) is -3.64. The number of thiophene rings is 1. The highest BCUT2D eigenvalue weighted by Gasteiger charge is 2.30. The average molecular weight is 301 g/mol. The van der Waals surface area contributed by atoms with E-state index in [0.717, 1.165) is 18.6 Å². The normalized spacial score (nSPS) is 11.6. The van der Waals surface area contributed by atoms with Crippen molar-refractivity contribution in [1.82, 2.24) is 0 Å². The van der Waals surface area contributed by atoms with Crippen molar-refractivity contribution in [2.75, 3.05) is 6.61 Å². The van der Waals surface area contributed by atoms with E-state index in [-0.39, 0.29) is 6.54 Å². The van der Waals surface area contributed by atoms with Crippen LogP contribution in [0.4, 0.5) is 13.2 Å². The molecule has 0 radical (unpaired) electrons. The number of halogens is 3. The van der Waals surface area contributed by atoms with Gasteiger partial charge >= 0.3 is 6.18 Å². The van der Waals surface area contributed by atoms with Crippen LogP contribution < -0.4 is 10.5 Å². The summed E-state index contributed by atoms with van der Waals surface area (Å²) in [5, 5.41) is 1.97. The Labute approximate surface area is 119 Å². The second kappa shape index (κ2) is 6.28. The van der Waals surface area contributed by atoms with E-state index in [1.54, 1.807) is 11.3 Å². The second-order valence-electron chi connectivity index (χ2n) is 4.20. The van der Waals surface area contributed by atoms with E-state index in [1.165, 1.54) is 10.9 Å². The van der Waals surface area contributed by atoms with Gasteiger partial charge in [-0.25, -0.2) is 0 Å². The monoisotopic (exact) mass is 301 g/mol. The van der Waals surface area contributed by atoms with Crippen LogP contribution in [0.5, 0.6) is 5.75 Å². The minimum absolute atomic E-state index is 0.0122. The topological polar surface area (TPSA) is 35.2 Å². The minimum atomic E-state index is -4.36. The Morgan fingerprint density at radius 1 is 1.20 bits per heavy atom. The van der Waals surface area contributed by atoms with Crippen LogP contribution in [0.1, 0.15) is 16.0 Å². The Kier molecular flexibility index (Phi) is 4.67. The van der Waals surface area contributed by atoms with Crippen LogP contribution in [-0.2, 0) is 19.1 Å². The summed E-state index contributed by atoms with van der Waals surface area (Å²) in [6, 6.07) is 7.33. The summed E-state index contributed by atoms with van der Waals surface area (Å²) in [5.74, 6) is 0.414. The molecule has 0 atom stereocenters. The van der Waals surface area contributed by atoms with Gasteiger partial charge in [-0.1, -0.05) is 6.07 Å². The molecule has 0 fully saturated rings. The quantitative estimate of drug-likeness (QED) is 0.910. The maximum atomic E-state index is 12.6. The van der Waals surface area contributed by atoms with E-state index in [0.29, 0.717) is 17.9 Å². The van der Waals surface area contributed by atoms with E-state index in [2.05, 4.69) is 0 Å². The molecular weight excluding hydrogens is 287 g/mol. The molecule has 0 saturated heterocycles. The maximum Gasteiger partial charge on any atom is 0.416 e. The predicted octanol–water partition coefficient (Wildman–Crippen LogP) is 3.85. The van der Waals surface area contributed by atoms with Crippen LogP contribution >= 0.6 is 11.3 Å². The van der Waals surface area contributed by atoms with E-state index in [4.69, 9.17) is 10.5 Å². The molecule has 108 valence electrons. The molecular formula is C14H14F3NOS. The van der Waals surface area contributed by atoms with Gasteiger partial charge in [-0.3, -0.25) is 0 Å². The van der Waals surface area contributed by atoms with Crippen LogP contribution in [-0.4, -0.2) is 6.61 Å². The Bertz CT molecular complexity index is 552. The Hall–Kier alpha value is -1.53. The van der Waals surface area contributed by atoms with Crippen LogP contribution in [0.3, 0.4) is 0 Å². The van der Waals surface area contributed by atoms with Crippen molar-refractivity contribution in [3.63, 3.8) is 0 Å². The number of nitrogens with two attached hydrogens (primary N) is 1. The van der Waals surface area contributed by atoms with Gasteiger partial charge in [0.05, 0.1) is 12.2 Å². The fourth-order valence-electron chi connectivity index (χ4n) is 1.77. The van der Waals surface area contributed by atoms with Gasteiger partial charge in [-0.05, 0) is 29.6 Å². The molecule has 0 aliphatic rings. The van der Waals surface area contributed by atoms with Crippen molar-refractivity contribution in [1.29, 1.82) is 0 Å². The summed E-state index contributed by atoms with van der Waals surface area (Å²) >= 11 is 1.62. The number of alkyl halides is 3. The molecule has 0 aliphatic heterocycles. The molecule has 2 N–H and O–H groups in total. The predicted molar refractivity (Wildman–Crippen MR) is 72.9 cm³/mol. The number of rotatable bonds is 5. The number of ether oxygens (including phenoxy) is 1. The van der Waals surface area contributed by atoms with Crippen LogP contribution in [0.25, 0.3) is 0 Å². The summed E-state index contributed by atoms with van der Waals surface area (Å²) in [6.45, 7) is 0.428. The lowest BCUT2D eigenvalue weighted by molar-refractivity contribution is -0.137. The fraction of sp³-hybridized carbons (Fsp3) is 0.286. The molecule has 0 bridgehead atoms. The first-order valence-electron chi connectivity index (χ1n) is 6.06. The standard InChI is InChI=1S/C14H14F3NOS/c15-14(16,17)11-3-4-13(10(8-11)9-18)19-6-5-12-2-1-7-20-12/h1-4,7-8H,5-6,9,18H2. The molecule has 0 unspecified atom stereocenters. The van der Waals surface area contributed by atoms with Crippen molar-refractivity contribution in [3.8, 4) is 5.75 Å². The lowest BCUT2D eigenvalue weighted by atomic mass is 10.1. The first-order valence-corrected chi connectivity index (χ1v) is 6.94. The highest BCUT2D eigenvalue weighted by atomic mass is 32.1. The van der Waals surface area contributed by atoms with Crippen LogP contribution in [0, 0.1) is 0 Å². The van der Waals surface area contributed by atoms with Gasteiger partial charge < -0.3 is 10.5 Å². The SMILES string of the molecule is NCc1cc(C(F)(F)F)ccc1OCCc1cccs1. The summed E-state index contributed by atoms with van der Waals surface area (Å²) in [4.78, 5) is 1.17. The second-order valence-corrected chi connectivity index (χ2v) is 5.23. The zero-order valence-corrected chi connectivity index (χ0v) is 11.4. The lowest BCUT2D eigenvalue weighted by Crippen LogP contribution is -2.09. The fourth-order valence-corrected chi connectivity index (χ4v) is 2.46. The molecule has 20 heavy (non-hydrogen) atoms. The third-order valence-corrected chi connectivity index (χ3v) is 3.73. The van der Waals surface area contributed by atoms with E-state index < -0.39 is 11.7 Å². The van der Waals surface area contributed by atoms with E-state index >= 15 is 0 Å². The summed E-state index contributed by atoms with van der Waals surface area (Å²) in [7, 11) is 0. The van der Waals surface area contributed by atoms with Gasteiger partial charge in [0, 0.05) is 23.4 Å². The maximum absolute atomic E-state index is 12.6. The molecule has 0 aliphatic carbocycles. The van der Waals surface area contributed by atoms with Gasteiger partial charge in [0.2, 0.25) is 0 Å². The molecule has 0 spiro atoms. The average Bonchev–Trinajstić information content (AvgIpc) is 2.91. The van der Waals surface area contributed by atoms with Gasteiger partial charge in [-0.2, -0.15) is 13.2 Å². The molecule has 1 aromatic heterocycles. The van der Waals surface area contributed by atoms with Crippen molar-refractivity contribution in [2.45, 2.75) is 19.1 Å². The van der Waals surface area contributed by atoms with Crippen LogP contribution in [0.2, 0.25) is 0 Å². The van der Waals surface area contributed by atoms with Crippen molar-refractivity contribution in [3.05, 3.63) is 51.7 Å². The molecule has 0 saturated carbocycles. The Balaban J connectivity index is 2.04. The molecule has 2 rings (SSSR count). The van der Waals surface area contributed by atoms with Crippen molar-refractivity contribution >= 4 is 11.3 Å². The third kappa shape index (κ3) is 3.74. The van der Waals surface area contributed by atoms with Crippen molar-refractivity contribution < 1.29 is 17.9 Å². The van der Waals surface area contributed by atoms with Gasteiger partial charge in [0.25, 0.3) is 0 Å². The Morgan fingerprint density at radius 3 is 2.60 bits per heavy atom. The smallest absolute Gasteiger partial charge is 0.416 e. The molecule has 1 aromatic carbocycles. The molecule has 6 heteroatoms. The van der Waals surface area contributed by atoms with E-state index in [1.807, 2.05) is 17.5 Å². The van der Waals surface area contributed by atoms with Gasteiger partial charge in [0.15, 0.2) is 0 Å². The highest BCUT2D eigenvalue weighted by molar-refractivity contribution is 7.09. The Morgan fingerprint density at radius 2 is 2.00 bits per heavy atom. The zero-order valence-electron chi connectivity index (χ0n) is 10.6. The molecule has 2 nitrogen and oxygen atoms in total. The molecule has 0 amide bonds. The molecule has 1 heterocycles. The largest absolute Gasteiger partial charge is 0.493 e. The first-order chi connectivity index (χ1) is 9.50. The molecule has 2 aromatic rings. The first kappa shape index (κ1) is 14.9. The van der Waals surface area contributed by atoms with Crippen molar-refractivity contribution in [2.24, 2.45) is 5.73 Å². The summed E-state index contributed by atoms with van der Waals surface area (Å²) in [5.41, 5.74) is 5.15. The minimum Gasteiger partial charge on any atom is -0.493 e. The van der Waals surface area contributed by atoms with Gasteiger partial charge in [0.1, 0.15) is 5.75 Å². The number of benzene rings is 1. The summed E-state index contributed by atoms with van der Waals surface area (Å²) < 4.78 is 43.3. The van der Waals surface area contributed by atoms with Crippen LogP contribution in [0.15, 0.2) is 35.7 Å². The highest BCUT2D eigenvalue weighted by Crippen LogP contribution is 2.32. The van der Waals surface area contributed by atoms with Gasteiger partial charge in [-0.15, -0.1) is 11.3 Å². The third-order valence-electron chi connectivity index (χ3n) is 2.79. The lowest BCUT2D eigenvalue weighted by Gasteiger charge is -2.13. The van der Waals surface area contributed by atoms with E-state index in [9.17, 15) is 13.2 Å². The number of hydrogen-bond acceptors (Lipinski definition) is 3. The zero-order chi connectivity index (χ0) is 14.6. The number of hydrogen-bond donors (Lipinski definition) is 1.